The molecule has 0 radical (unpaired) electrons. The summed E-state index contributed by atoms with van der Waals surface area (Å²) in [7, 11) is 0. The van der Waals surface area contributed by atoms with Crippen LogP contribution in [0.15, 0.2) is 24.5 Å². The predicted octanol–water partition coefficient (Wildman–Crippen LogP) is 1.39. The average molecular weight is 246 g/mol. The zero-order chi connectivity index (χ0) is 13.0. The van der Waals surface area contributed by atoms with Gasteiger partial charge < -0.3 is 10.1 Å². The van der Waals surface area contributed by atoms with Crippen LogP contribution in [0.5, 0.6) is 0 Å². The Morgan fingerprint density at radius 3 is 2.94 bits per heavy atom. The molecule has 6 nitrogen and oxygen atoms in total. The molecule has 0 spiro atoms. The Kier molecular flexibility index (Phi) is 3.66. The third-order valence-corrected chi connectivity index (χ3v) is 2.34. The van der Waals surface area contributed by atoms with Crippen LogP contribution in [-0.4, -0.2) is 33.6 Å². The van der Waals surface area contributed by atoms with E-state index in [9.17, 15) is 4.79 Å². The van der Waals surface area contributed by atoms with Crippen LogP contribution < -0.4 is 5.32 Å². The summed E-state index contributed by atoms with van der Waals surface area (Å²) < 4.78 is 4.91. The number of ether oxygens (including phenoxy) is 1. The molecule has 0 amide bonds. The van der Waals surface area contributed by atoms with Crippen LogP contribution in [0.3, 0.4) is 0 Å². The summed E-state index contributed by atoms with van der Waals surface area (Å²) in [5, 5.41) is 2.97. The van der Waals surface area contributed by atoms with E-state index in [1.165, 1.54) is 0 Å². The van der Waals surface area contributed by atoms with Crippen LogP contribution in [-0.2, 0) is 9.53 Å². The van der Waals surface area contributed by atoms with Gasteiger partial charge in [-0.3, -0.25) is 4.98 Å². The molecule has 0 saturated carbocycles. The highest BCUT2D eigenvalue weighted by atomic mass is 16.5. The standard InChI is InChI=1S/C12H14N4O2/c1-3-18-12(17)8(2)15-10-5-4-9-11(16-10)14-7-6-13-9/h4-8H,3H2,1-2H3,(H,14,15,16). The number of fused-ring (bicyclic) bond motifs is 1. The van der Waals surface area contributed by atoms with E-state index >= 15 is 0 Å². The minimum atomic E-state index is -0.452. The number of rotatable bonds is 4. The Morgan fingerprint density at radius 2 is 2.17 bits per heavy atom. The molecular weight excluding hydrogens is 232 g/mol. The normalized spacial score (nSPS) is 12.1. The monoisotopic (exact) mass is 246 g/mol. The number of nitrogens with one attached hydrogen (secondary N) is 1. The molecule has 2 heterocycles. The highest BCUT2D eigenvalue weighted by molar-refractivity contribution is 5.79. The smallest absolute Gasteiger partial charge is 0.328 e. The number of carbonyl (C=O) groups is 1. The van der Waals surface area contributed by atoms with Crippen molar-refractivity contribution in [2.45, 2.75) is 19.9 Å². The summed E-state index contributed by atoms with van der Waals surface area (Å²) in [4.78, 5) is 24.0. The number of esters is 1. The van der Waals surface area contributed by atoms with Crippen molar-refractivity contribution in [2.75, 3.05) is 11.9 Å². The number of pyridine rings is 1. The molecule has 2 aromatic rings. The van der Waals surface area contributed by atoms with Gasteiger partial charge in [0, 0.05) is 12.4 Å². The summed E-state index contributed by atoms with van der Waals surface area (Å²) in [5.41, 5.74) is 1.25. The van der Waals surface area contributed by atoms with Crippen molar-refractivity contribution in [3.05, 3.63) is 24.5 Å². The van der Waals surface area contributed by atoms with Gasteiger partial charge in [-0.25, -0.2) is 14.8 Å². The lowest BCUT2D eigenvalue weighted by Crippen LogP contribution is -2.28. The summed E-state index contributed by atoms with van der Waals surface area (Å²) >= 11 is 0. The number of nitrogens with zero attached hydrogens (tertiary/aromatic N) is 3. The Bertz CT molecular complexity index is 559. The first-order valence-electron chi connectivity index (χ1n) is 5.71. The maximum absolute atomic E-state index is 11.5. The van der Waals surface area contributed by atoms with Crippen molar-refractivity contribution in [2.24, 2.45) is 0 Å². The van der Waals surface area contributed by atoms with Gasteiger partial charge in [-0.1, -0.05) is 0 Å². The molecule has 18 heavy (non-hydrogen) atoms. The van der Waals surface area contributed by atoms with Crippen molar-refractivity contribution < 1.29 is 9.53 Å². The summed E-state index contributed by atoms with van der Waals surface area (Å²) in [6.45, 7) is 3.86. The van der Waals surface area contributed by atoms with E-state index in [-0.39, 0.29) is 5.97 Å². The zero-order valence-electron chi connectivity index (χ0n) is 10.3. The molecule has 1 N–H and O–H groups in total. The fourth-order valence-electron chi connectivity index (χ4n) is 1.48. The van der Waals surface area contributed by atoms with Crippen LogP contribution in [0.2, 0.25) is 0 Å². The van der Waals surface area contributed by atoms with E-state index in [1.54, 1.807) is 38.4 Å². The lowest BCUT2D eigenvalue weighted by molar-refractivity contribution is -0.143. The Morgan fingerprint density at radius 1 is 1.39 bits per heavy atom. The fraction of sp³-hybridized carbons (Fsp3) is 0.333. The maximum atomic E-state index is 11.5. The first-order valence-corrected chi connectivity index (χ1v) is 5.71. The van der Waals surface area contributed by atoms with E-state index in [0.29, 0.717) is 23.6 Å². The second kappa shape index (κ2) is 5.39. The van der Waals surface area contributed by atoms with Gasteiger partial charge in [0.15, 0.2) is 5.65 Å². The highest BCUT2D eigenvalue weighted by Crippen LogP contribution is 2.11. The third kappa shape index (κ3) is 2.71. The third-order valence-electron chi connectivity index (χ3n) is 2.34. The molecule has 0 saturated heterocycles. The van der Waals surface area contributed by atoms with Gasteiger partial charge in [0.1, 0.15) is 17.4 Å². The molecule has 0 aromatic carbocycles. The van der Waals surface area contributed by atoms with Crippen LogP contribution in [0.25, 0.3) is 11.2 Å². The van der Waals surface area contributed by atoms with E-state index in [2.05, 4.69) is 20.3 Å². The number of carbonyl (C=O) groups excluding carboxylic acids is 1. The molecule has 2 rings (SSSR count). The van der Waals surface area contributed by atoms with E-state index in [4.69, 9.17) is 4.74 Å². The summed E-state index contributed by atoms with van der Waals surface area (Å²) in [6.07, 6.45) is 3.19. The lowest BCUT2D eigenvalue weighted by atomic mass is 10.3. The van der Waals surface area contributed by atoms with Crippen molar-refractivity contribution in [1.29, 1.82) is 0 Å². The summed E-state index contributed by atoms with van der Waals surface area (Å²) in [6, 6.07) is 3.11. The predicted molar refractivity (Wildman–Crippen MR) is 67.1 cm³/mol. The molecule has 0 fully saturated rings. The molecular formula is C12H14N4O2. The Balaban J connectivity index is 2.14. The number of anilines is 1. The molecule has 0 aliphatic rings. The van der Waals surface area contributed by atoms with Gasteiger partial charge in [-0.2, -0.15) is 0 Å². The Hall–Kier alpha value is -2.24. The van der Waals surface area contributed by atoms with Crippen molar-refractivity contribution in [3.63, 3.8) is 0 Å². The fourth-order valence-corrected chi connectivity index (χ4v) is 1.48. The van der Waals surface area contributed by atoms with E-state index in [0.717, 1.165) is 0 Å². The van der Waals surface area contributed by atoms with Gasteiger partial charge in [-0.05, 0) is 26.0 Å². The van der Waals surface area contributed by atoms with Gasteiger partial charge >= 0.3 is 5.97 Å². The van der Waals surface area contributed by atoms with E-state index < -0.39 is 6.04 Å². The number of hydrogen-bond acceptors (Lipinski definition) is 6. The first-order chi connectivity index (χ1) is 8.70. The van der Waals surface area contributed by atoms with Crippen molar-refractivity contribution in [3.8, 4) is 0 Å². The van der Waals surface area contributed by atoms with Crippen molar-refractivity contribution in [1.82, 2.24) is 15.0 Å². The van der Waals surface area contributed by atoms with Gasteiger partial charge in [0.2, 0.25) is 0 Å². The maximum Gasteiger partial charge on any atom is 0.328 e. The second-order valence-corrected chi connectivity index (χ2v) is 3.71. The van der Waals surface area contributed by atoms with Crippen molar-refractivity contribution >= 4 is 23.0 Å². The minimum Gasteiger partial charge on any atom is -0.464 e. The van der Waals surface area contributed by atoms with Crippen LogP contribution in [0, 0.1) is 0 Å². The molecule has 0 aliphatic heterocycles. The van der Waals surface area contributed by atoms with Gasteiger partial charge in [-0.15, -0.1) is 0 Å². The lowest BCUT2D eigenvalue weighted by Gasteiger charge is -2.13. The zero-order valence-corrected chi connectivity index (χ0v) is 10.3. The molecule has 1 unspecified atom stereocenters. The van der Waals surface area contributed by atoms with Crippen LogP contribution >= 0.6 is 0 Å². The average Bonchev–Trinajstić information content (AvgIpc) is 2.39. The summed E-state index contributed by atoms with van der Waals surface area (Å²) in [5.74, 6) is 0.266. The molecule has 6 heteroatoms. The molecule has 0 bridgehead atoms. The van der Waals surface area contributed by atoms with Gasteiger partial charge in [0.25, 0.3) is 0 Å². The quantitative estimate of drug-likeness (QED) is 0.821. The number of aromatic nitrogens is 3. The highest BCUT2D eigenvalue weighted by Gasteiger charge is 2.14. The van der Waals surface area contributed by atoms with Crippen LogP contribution in [0.4, 0.5) is 5.82 Å². The second-order valence-electron chi connectivity index (χ2n) is 3.71. The molecule has 0 aliphatic carbocycles. The first kappa shape index (κ1) is 12.2. The van der Waals surface area contributed by atoms with Crippen LogP contribution in [0.1, 0.15) is 13.8 Å². The Labute approximate surface area is 104 Å². The SMILES string of the molecule is CCOC(=O)C(C)Nc1ccc2nccnc2n1. The molecule has 1 atom stereocenters. The van der Waals surface area contributed by atoms with E-state index in [1.807, 2.05) is 0 Å². The van der Waals surface area contributed by atoms with Gasteiger partial charge in [0.05, 0.1) is 6.61 Å². The molecule has 2 aromatic heterocycles. The minimum absolute atomic E-state index is 0.307. The topological polar surface area (TPSA) is 77.0 Å². The molecule has 94 valence electrons. The largest absolute Gasteiger partial charge is 0.464 e. The number of hydrogen-bond donors (Lipinski definition) is 1.